The zero-order valence-electron chi connectivity index (χ0n) is 28.0. The van der Waals surface area contributed by atoms with Crippen LogP contribution >= 0.6 is 0 Å². The van der Waals surface area contributed by atoms with E-state index in [1.807, 2.05) is 46.0 Å². The Hall–Kier alpha value is -2.45. The predicted molar refractivity (Wildman–Crippen MR) is 170 cm³/mol. The molecule has 0 heterocycles. The molecule has 1 aromatic carbocycles. The summed E-state index contributed by atoms with van der Waals surface area (Å²) in [6, 6.07) is 9.84. The van der Waals surface area contributed by atoms with Crippen molar-refractivity contribution in [3.8, 4) is 0 Å². The Bertz CT molecular complexity index is 925. The molecule has 0 bridgehead atoms. The number of carbonyl (C=O) groups is 3. The third kappa shape index (κ3) is 11.7. The molecule has 0 fully saturated rings. The minimum Gasteiger partial charge on any atom is -0.379 e. The molecule has 8 heteroatoms. The third-order valence-corrected chi connectivity index (χ3v) is 8.34. The number of rotatable bonds is 20. The number of unbranched alkanes of at least 4 members (excludes halogenated alkanes) is 1. The number of likely N-dealkylation sites (N-methyl/N-ethyl adjacent to an activating group) is 1. The van der Waals surface area contributed by atoms with Crippen molar-refractivity contribution in [1.82, 2.24) is 15.1 Å². The normalized spacial score (nSPS) is 15.8. The minimum atomic E-state index is -0.724. The number of benzene rings is 1. The van der Waals surface area contributed by atoms with Crippen LogP contribution in [0.5, 0.6) is 0 Å². The zero-order chi connectivity index (χ0) is 31.8. The molecule has 240 valence electrons. The molecule has 1 rings (SSSR count). The van der Waals surface area contributed by atoms with Crippen molar-refractivity contribution in [2.75, 3.05) is 27.8 Å². The monoisotopic (exact) mass is 589 g/mol. The molecule has 0 aliphatic heterocycles. The molecule has 3 amide bonds. The summed E-state index contributed by atoms with van der Waals surface area (Å²) in [6.45, 7) is 14.7. The van der Waals surface area contributed by atoms with Crippen LogP contribution in [-0.2, 0) is 30.3 Å². The number of amides is 3. The average Bonchev–Trinajstić information content (AvgIpc) is 2.97. The summed E-state index contributed by atoms with van der Waals surface area (Å²) in [5.74, 6) is -0.447. The highest BCUT2D eigenvalue weighted by Gasteiger charge is 2.38. The van der Waals surface area contributed by atoms with Crippen LogP contribution in [0.3, 0.4) is 0 Å². The Morgan fingerprint density at radius 1 is 0.881 bits per heavy atom. The van der Waals surface area contributed by atoms with E-state index in [0.29, 0.717) is 13.0 Å². The van der Waals surface area contributed by atoms with Crippen molar-refractivity contribution in [3.63, 3.8) is 0 Å². The lowest BCUT2D eigenvalue weighted by Crippen LogP contribution is -2.54. The summed E-state index contributed by atoms with van der Waals surface area (Å²) in [5, 5.41) is 3.19. The fraction of sp³-hybridized carbons (Fsp3) is 0.735. The highest BCUT2D eigenvalue weighted by molar-refractivity contribution is 5.82. The van der Waals surface area contributed by atoms with Gasteiger partial charge in [0.15, 0.2) is 0 Å². The van der Waals surface area contributed by atoms with Crippen LogP contribution in [0.4, 0.5) is 0 Å². The van der Waals surface area contributed by atoms with Crippen LogP contribution < -0.4 is 5.32 Å². The number of hydrogen-bond donors (Lipinski definition) is 1. The first-order valence-electron chi connectivity index (χ1n) is 15.9. The van der Waals surface area contributed by atoms with E-state index in [0.717, 1.165) is 32.1 Å². The molecule has 42 heavy (non-hydrogen) atoms. The topological polar surface area (TPSA) is 88.2 Å². The quantitative estimate of drug-likeness (QED) is 0.198. The molecule has 6 unspecified atom stereocenters. The maximum absolute atomic E-state index is 14.0. The number of ether oxygens (including phenoxy) is 2. The Balaban J connectivity index is 3.17. The second-order valence-corrected chi connectivity index (χ2v) is 12.1. The first-order valence-corrected chi connectivity index (χ1v) is 15.9. The molecule has 8 nitrogen and oxygen atoms in total. The third-order valence-electron chi connectivity index (χ3n) is 8.34. The van der Waals surface area contributed by atoms with Gasteiger partial charge in [-0.2, -0.15) is 0 Å². The Morgan fingerprint density at radius 3 is 2.02 bits per heavy atom. The van der Waals surface area contributed by atoms with E-state index in [9.17, 15) is 14.4 Å². The summed E-state index contributed by atoms with van der Waals surface area (Å²) in [6.07, 6.45) is 3.37. The van der Waals surface area contributed by atoms with Gasteiger partial charge >= 0.3 is 0 Å². The summed E-state index contributed by atoms with van der Waals surface area (Å²) in [4.78, 5) is 44.0. The molecule has 0 aliphatic carbocycles. The van der Waals surface area contributed by atoms with Gasteiger partial charge in [-0.05, 0) is 43.6 Å². The van der Waals surface area contributed by atoms with Crippen LogP contribution in [0.25, 0.3) is 0 Å². The van der Waals surface area contributed by atoms with E-state index in [1.54, 1.807) is 24.0 Å². The van der Waals surface area contributed by atoms with Crippen LogP contribution in [0.15, 0.2) is 30.3 Å². The van der Waals surface area contributed by atoms with E-state index < -0.39 is 18.2 Å². The number of methoxy groups -OCH3 is 2. The zero-order valence-corrected chi connectivity index (χ0v) is 28.0. The minimum absolute atomic E-state index is 0.0206. The van der Waals surface area contributed by atoms with Crippen LogP contribution in [0.2, 0.25) is 0 Å². The highest BCUT2D eigenvalue weighted by Crippen LogP contribution is 2.25. The molecule has 1 aromatic rings. The maximum atomic E-state index is 14.0. The summed E-state index contributed by atoms with van der Waals surface area (Å²) >= 11 is 0. The maximum Gasteiger partial charge on any atom is 0.227 e. The molecule has 1 N–H and O–H groups in total. The SMILES string of the molecule is CCCCN(C(=O)CC(OC)C(C(C)CC)N(C)C(=O)CC(C)C)C(OC)C(C)C(=O)NC(CC)Cc1ccccc1. The van der Waals surface area contributed by atoms with E-state index >= 15 is 0 Å². The fourth-order valence-corrected chi connectivity index (χ4v) is 5.51. The molecule has 0 saturated heterocycles. The standard InChI is InChI=1S/C34H59N3O5/c1-11-14-20-37(31(39)23-29(41-9)32(25(6)12-2)36(8)30(38)21-24(4)5)34(42-10)26(7)33(40)35-28(13-3)22-27-18-16-15-17-19-27/h15-19,24-26,28-29,32,34H,11-14,20-23H2,1-10H3,(H,35,40). The van der Waals surface area contributed by atoms with Crippen molar-refractivity contribution in [2.45, 2.75) is 118 Å². The van der Waals surface area contributed by atoms with Gasteiger partial charge < -0.3 is 24.6 Å². The van der Waals surface area contributed by atoms with Crippen LogP contribution in [-0.4, -0.2) is 79.7 Å². The van der Waals surface area contributed by atoms with Crippen molar-refractivity contribution >= 4 is 17.7 Å². The van der Waals surface area contributed by atoms with Crippen LogP contribution in [0.1, 0.15) is 92.6 Å². The Labute approximate surface area is 255 Å². The molecule has 0 spiro atoms. The first kappa shape index (κ1) is 37.6. The molecule has 0 saturated carbocycles. The second-order valence-electron chi connectivity index (χ2n) is 12.1. The van der Waals surface area contributed by atoms with E-state index in [1.165, 1.54) is 5.56 Å². The number of nitrogens with zero attached hydrogens (tertiary/aromatic N) is 2. The van der Waals surface area contributed by atoms with Gasteiger partial charge in [-0.15, -0.1) is 0 Å². The fourth-order valence-electron chi connectivity index (χ4n) is 5.51. The van der Waals surface area contributed by atoms with Gasteiger partial charge in [0.1, 0.15) is 6.23 Å². The van der Waals surface area contributed by atoms with Gasteiger partial charge in [0.2, 0.25) is 17.7 Å². The molecule has 0 aliphatic rings. The van der Waals surface area contributed by atoms with Gasteiger partial charge in [0, 0.05) is 40.3 Å². The lowest BCUT2D eigenvalue weighted by molar-refractivity contribution is -0.158. The average molecular weight is 590 g/mol. The Morgan fingerprint density at radius 2 is 1.52 bits per heavy atom. The van der Waals surface area contributed by atoms with Crippen LogP contribution in [0, 0.1) is 17.8 Å². The molecule has 6 atom stereocenters. The van der Waals surface area contributed by atoms with E-state index in [2.05, 4.69) is 45.1 Å². The lowest BCUT2D eigenvalue weighted by atomic mass is 9.90. The predicted octanol–water partition coefficient (Wildman–Crippen LogP) is 5.69. The molecular formula is C34H59N3O5. The number of hydrogen-bond acceptors (Lipinski definition) is 5. The largest absolute Gasteiger partial charge is 0.379 e. The second kappa shape index (κ2) is 19.7. The van der Waals surface area contributed by atoms with Gasteiger partial charge in [0.25, 0.3) is 0 Å². The number of nitrogens with one attached hydrogen (secondary N) is 1. The van der Waals surface area contributed by atoms with E-state index in [-0.39, 0.29) is 48.1 Å². The van der Waals surface area contributed by atoms with Gasteiger partial charge in [0.05, 0.1) is 24.5 Å². The molecule has 0 radical (unpaired) electrons. The molecule has 0 aromatic heterocycles. The first-order chi connectivity index (χ1) is 19.9. The number of carbonyl (C=O) groups excluding carboxylic acids is 3. The summed E-state index contributed by atoms with van der Waals surface area (Å²) < 4.78 is 11.8. The van der Waals surface area contributed by atoms with Crippen molar-refractivity contribution in [1.29, 1.82) is 0 Å². The van der Waals surface area contributed by atoms with Crippen molar-refractivity contribution in [2.24, 2.45) is 17.8 Å². The summed E-state index contributed by atoms with van der Waals surface area (Å²) in [5.41, 5.74) is 1.17. The van der Waals surface area contributed by atoms with Crippen molar-refractivity contribution < 1.29 is 23.9 Å². The molecular weight excluding hydrogens is 530 g/mol. The lowest BCUT2D eigenvalue weighted by Gasteiger charge is -2.40. The summed E-state index contributed by atoms with van der Waals surface area (Å²) in [7, 11) is 4.97. The van der Waals surface area contributed by atoms with E-state index in [4.69, 9.17) is 9.47 Å². The van der Waals surface area contributed by atoms with Crippen molar-refractivity contribution in [3.05, 3.63) is 35.9 Å². The highest BCUT2D eigenvalue weighted by atomic mass is 16.5. The van der Waals surface area contributed by atoms with Gasteiger partial charge in [-0.3, -0.25) is 14.4 Å². The van der Waals surface area contributed by atoms with Gasteiger partial charge in [-0.1, -0.05) is 84.7 Å². The smallest absolute Gasteiger partial charge is 0.227 e. The van der Waals surface area contributed by atoms with Gasteiger partial charge in [-0.25, -0.2) is 0 Å². The Kier molecular flexibility index (Phi) is 17.6.